The van der Waals surface area contributed by atoms with E-state index >= 15 is 0 Å². The number of thiophene rings is 2. The second-order valence-corrected chi connectivity index (χ2v) is 10.1. The first-order valence-corrected chi connectivity index (χ1v) is 11.8. The van der Waals surface area contributed by atoms with Crippen molar-refractivity contribution in [3.05, 3.63) is 90.2 Å². The molecule has 1 fully saturated rings. The summed E-state index contributed by atoms with van der Waals surface area (Å²) in [6.07, 6.45) is 1.97. The Labute approximate surface area is 197 Å². The summed E-state index contributed by atoms with van der Waals surface area (Å²) in [7, 11) is 2.03. The number of hydrogen-bond acceptors (Lipinski definition) is 9. The molecule has 0 spiro atoms. The van der Waals surface area contributed by atoms with Gasteiger partial charge in [-0.25, -0.2) is 0 Å². The van der Waals surface area contributed by atoms with Gasteiger partial charge < -0.3 is 4.90 Å². The van der Waals surface area contributed by atoms with E-state index in [1.165, 1.54) is 17.4 Å². The molecule has 3 aromatic rings. The number of nitrogens with zero attached hydrogens (tertiary/aromatic N) is 5. The molecule has 1 aromatic carbocycles. The molecule has 2 aliphatic heterocycles. The van der Waals surface area contributed by atoms with E-state index in [0.717, 1.165) is 44.6 Å². The Bertz CT molecular complexity index is 1280. The van der Waals surface area contributed by atoms with Crippen molar-refractivity contribution in [2.24, 2.45) is 11.0 Å². The second kappa shape index (κ2) is 8.50. The van der Waals surface area contributed by atoms with Gasteiger partial charge in [-0.1, -0.05) is 40.9 Å². The molecule has 2 atom stereocenters. The van der Waals surface area contributed by atoms with Gasteiger partial charge in [0.2, 0.25) is 0 Å². The average Bonchev–Trinajstić information content (AvgIpc) is 3.52. The Balaban J connectivity index is 1.59. The number of fused-ring (bicyclic) bond motifs is 1. The minimum Gasteiger partial charge on any atom is -0.301 e. The highest BCUT2D eigenvalue weighted by Crippen LogP contribution is 2.46. The molecule has 2 aromatic heterocycles. The SMILES string of the molecule is CN1C/C(=C\c2ccc([N+](=O)[O-])s2)C2=NN(c3ccccc3)C(c3ccc([N+](=O)[O-])s3)C2C1. The molecule has 1 saturated heterocycles. The Hall–Kier alpha value is -3.41. The Morgan fingerprint density at radius 2 is 1.70 bits per heavy atom. The number of piperidine rings is 1. The summed E-state index contributed by atoms with van der Waals surface area (Å²) >= 11 is 2.32. The molecule has 0 N–H and O–H groups in total. The van der Waals surface area contributed by atoms with Crippen LogP contribution in [0.25, 0.3) is 6.08 Å². The summed E-state index contributed by atoms with van der Waals surface area (Å²) in [6.45, 7) is 1.42. The molecular weight excluding hydrogens is 462 g/mol. The quantitative estimate of drug-likeness (QED) is 0.367. The van der Waals surface area contributed by atoms with Crippen LogP contribution in [0.15, 0.2) is 65.3 Å². The van der Waals surface area contributed by atoms with Gasteiger partial charge in [-0.05, 0) is 43.0 Å². The molecule has 11 heteroatoms. The molecule has 2 unspecified atom stereocenters. The third-order valence-corrected chi connectivity index (χ3v) is 7.79. The number of anilines is 1. The molecule has 5 rings (SSSR count). The largest absolute Gasteiger partial charge is 0.324 e. The van der Waals surface area contributed by atoms with Crippen molar-refractivity contribution in [2.75, 3.05) is 25.1 Å². The number of likely N-dealkylation sites (N-methyl/N-ethyl adjacent to an activating group) is 1. The number of hydrogen-bond donors (Lipinski definition) is 0. The van der Waals surface area contributed by atoms with E-state index in [9.17, 15) is 20.2 Å². The zero-order valence-electron chi connectivity index (χ0n) is 17.5. The fourth-order valence-corrected chi connectivity index (χ4v) is 6.12. The third kappa shape index (κ3) is 4.06. The van der Waals surface area contributed by atoms with Crippen molar-refractivity contribution in [3.8, 4) is 0 Å². The van der Waals surface area contributed by atoms with E-state index < -0.39 is 0 Å². The molecule has 0 radical (unpaired) electrons. The number of hydrazone groups is 1. The molecule has 0 amide bonds. The van der Waals surface area contributed by atoms with Gasteiger partial charge in [-0.2, -0.15) is 5.10 Å². The molecule has 168 valence electrons. The summed E-state index contributed by atoms with van der Waals surface area (Å²) in [5.41, 5.74) is 2.84. The van der Waals surface area contributed by atoms with Crippen LogP contribution in [0.4, 0.5) is 15.7 Å². The number of nitro groups is 2. The molecule has 0 saturated carbocycles. The Morgan fingerprint density at radius 1 is 1.00 bits per heavy atom. The van der Waals surface area contributed by atoms with Crippen molar-refractivity contribution < 1.29 is 9.85 Å². The van der Waals surface area contributed by atoms with Crippen LogP contribution in [0.5, 0.6) is 0 Å². The number of para-hydroxylation sites is 1. The van der Waals surface area contributed by atoms with Gasteiger partial charge in [-0.15, -0.1) is 0 Å². The molecular formula is C22H19N5O4S2. The summed E-state index contributed by atoms with van der Waals surface area (Å²) in [4.78, 5) is 25.6. The number of benzene rings is 1. The molecule has 2 aliphatic rings. The standard InChI is InChI=1S/C22H19N5O4S2/c1-24-12-14(11-16-7-9-19(32-16)26(28)29)21-17(13-24)22(18-8-10-20(33-18)27(30)31)25(23-21)15-5-3-2-4-6-15/h2-11,17,22H,12-13H2,1H3/b14-11+. The zero-order chi connectivity index (χ0) is 23.1. The predicted molar refractivity (Wildman–Crippen MR) is 130 cm³/mol. The monoisotopic (exact) mass is 481 g/mol. The maximum atomic E-state index is 11.3. The van der Waals surface area contributed by atoms with Crippen LogP contribution in [0.1, 0.15) is 15.8 Å². The van der Waals surface area contributed by atoms with Crippen LogP contribution in [-0.2, 0) is 0 Å². The number of likely N-dealkylation sites (tertiary alicyclic amines) is 1. The normalized spacial score (nSPS) is 21.8. The van der Waals surface area contributed by atoms with E-state index in [2.05, 4.69) is 4.90 Å². The van der Waals surface area contributed by atoms with Crippen LogP contribution < -0.4 is 5.01 Å². The smallest absolute Gasteiger partial charge is 0.301 e. The summed E-state index contributed by atoms with van der Waals surface area (Å²) in [5.74, 6) is 0.00316. The van der Waals surface area contributed by atoms with Crippen molar-refractivity contribution in [1.29, 1.82) is 0 Å². The van der Waals surface area contributed by atoms with E-state index in [-0.39, 0.29) is 31.8 Å². The zero-order valence-corrected chi connectivity index (χ0v) is 19.2. The maximum Gasteiger partial charge on any atom is 0.324 e. The van der Waals surface area contributed by atoms with Gasteiger partial charge in [-0.3, -0.25) is 25.2 Å². The first kappa shape index (κ1) is 21.4. The Kier molecular flexibility index (Phi) is 5.52. The lowest BCUT2D eigenvalue weighted by Crippen LogP contribution is -2.41. The van der Waals surface area contributed by atoms with Crippen molar-refractivity contribution in [2.45, 2.75) is 6.04 Å². The van der Waals surface area contributed by atoms with E-state index in [0.29, 0.717) is 6.54 Å². The van der Waals surface area contributed by atoms with Crippen LogP contribution in [0.2, 0.25) is 0 Å². The highest BCUT2D eigenvalue weighted by atomic mass is 32.1. The van der Waals surface area contributed by atoms with E-state index in [1.807, 2.05) is 54.5 Å². The molecule has 4 heterocycles. The van der Waals surface area contributed by atoms with E-state index in [1.54, 1.807) is 12.1 Å². The second-order valence-electron chi connectivity index (χ2n) is 7.95. The first-order valence-electron chi connectivity index (χ1n) is 10.2. The third-order valence-electron chi connectivity index (χ3n) is 5.70. The van der Waals surface area contributed by atoms with E-state index in [4.69, 9.17) is 5.10 Å². The predicted octanol–water partition coefficient (Wildman–Crippen LogP) is 5.19. The van der Waals surface area contributed by atoms with Crippen molar-refractivity contribution in [3.63, 3.8) is 0 Å². The van der Waals surface area contributed by atoms with Crippen LogP contribution >= 0.6 is 22.7 Å². The van der Waals surface area contributed by atoms with Gasteiger partial charge >= 0.3 is 10.0 Å². The van der Waals surface area contributed by atoms with Gasteiger partial charge in [0.1, 0.15) is 0 Å². The van der Waals surface area contributed by atoms with Gasteiger partial charge in [0.05, 0.1) is 27.3 Å². The lowest BCUT2D eigenvalue weighted by Gasteiger charge is -2.34. The first-order chi connectivity index (χ1) is 15.9. The topological polar surface area (TPSA) is 105 Å². The van der Waals surface area contributed by atoms with Gasteiger partial charge in [0.15, 0.2) is 0 Å². The highest BCUT2D eigenvalue weighted by Gasteiger charge is 2.44. The fourth-order valence-electron chi connectivity index (χ4n) is 4.36. The lowest BCUT2D eigenvalue weighted by molar-refractivity contribution is -0.380. The average molecular weight is 482 g/mol. The van der Waals surface area contributed by atoms with Crippen molar-refractivity contribution in [1.82, 2.24) is 4.90 Å². The number of rotatable bonds is 5. The fraction of sp³-hybridized carbons (Fsp3) is 0.227. The van der Waals surface area contributed by atoms with Gasteiger partial charge in [0.25, 0.3) is 0 Å². The summed E-state index contributed by atoms with van der Waals surface area (Å²) < 4.78 is 0. The molecule has 33 heavy (non-hydrogen) atoms. The minimum absolute atomic E-state index is 0.00316. The summed E-state index contributed by atoms with van der Waals surface area (Å²) in [5, 5.41) is 29.6. The molecule has 0 bridgehead atoms. The highest BCUT2D eigenvalue weighted by molar-refractivity contribution is 7.16. The maximum absolute atomic E-state index is 11.3. The minimum atomic E-state index is -0.383. The van der Waals surface area contributed by atoms with Crippen LogP contribution in [-0.4, -0.2) is 40.6 Å². The van der Waals surface area contributed by atoms with Crippen molar-refractivity contribution >= 4 is 50.2 Å². The summed E-state index contributed by atoms with van der Waals surface area (Å²) in [6, 6.07) is 16.2. The molecule has 0 aliphatic carbocycles. The van der Waals surface area contributed by atoms with Gasteiger partial charge in [0, 0.05) is 40.9 Å². The van der Waals surface area contributed by atoms with Crippen LogP contribution in [0.3, 0.4) is 0 Å². The lowest BCUT2D eigenvalue weighted by atomic mass is 9.86. The molecule has 9 nitrogen and oxygen atoms in total. The Morgan fingerprint density at radius 3 is 2.36 bits per heavy atom. The van der Waals surface area contributed by atoms with Crippen LogP contribution in [0, 0.1) is 26.1 Å².